The van der Waals surface area contributed by atoms with Crippen LogP contribution in [0.15, 0.2) is 58.9 Å². The Morgan fingerprint density at radius 3 is 2.78 bits per heavy atom. The summed E-state index contributed by atoms with van der Waals surface area (Å²) in [6.45, 7) is 3.17. The number of hydrogen-bond donors (Lipinski definition) is 2. The number of nitro benzene ring substituents is 1. The van der Waals surface area contributed by atoms with E-state index in [0.717, 1.165) is 5.56 Å². The third kappa shape index (κ3) is 4.06. The van der Waals surface area contributed by atoms with Crippen molar-refractivity contribution in [3.05, 3.63) is 80.0 Å². The van der Waals surface area contributed by atoms with Crippen molar-refractivity contribution in [1.82, 2.24) is 14.8 Å². The quantitative estimate of drug-likeness (QED) is 0.301. The number of thioether (sulfide) groups is 1. The topological polar surface area (TPSA) is 123 Å². The molecule has 1 aromatic heterocycles. The number of phenols is 1. The number of nitrogens with zero attached hydrogens (tertiary/aromatic N) is 4. The highest BCUT2D eigenvalue weighted by Gasteiger charge is 2.34. The first-order valence-corrected chi connectivity index (χ1v) is 10.9. The van der Waals surface area contributed by atoms with Gasteiger partial charge in [0, 0.05) is 28.1 Å². The van der Waals surface area contributed by atoms with E-state index in [1.807, 2.05) is 24.3 Å². The first kappa shape index (κ1) is 21.8. The lowest BCUT2D eigenvalue weighted by molar-refractivity contribution is -0.385. The van der Waals surface area contributed by atoms with Gasteiger partial charge in [-0.15, -0.1) is 5.10 Å². The van der Waals surface area contributed by atoms with Crippen LogP contribution in [0.25, 0.3) is 0 Å². The van der Waals surface area contributed by atoms with E-state index < -0.39 is 22.4 Å². The highest BCUT2D eigenvalue weighted by Crippen LogP contribution is 2.39. The van der Waals surface area contributed by atoms with Crippen molar-refractivity contribution in [3.8, 4) is 5.75 Å². The van der Waals surface area contributed by atoms with Gasteiger partial charge in [0.25, 0.3) is 0 Å². The lowest BCUT2D eigenvalue weighted by atomic mass is 9.93. The van der Waals surface area contributed by atoms with Crippen LogP contribution in [0.1, 0.15) is 31.0 Å². The molecule has 9 nitrogen and oxygen atoms in total. The number of rotatable bonds is 6. The van der Waals surface area contributed by atoms with Crippen LogP contribution in [0.3, 0.4) is 0 Å². The van der Waals surface area contributed by atoms with Crippen LogP contribution in [-0.2, 0) is 10.5 Å². The molecule has 0 bridgehead atoms. The number of phenolic OH excluding ortho intramolecular Hbond substituents is 1. The molecule has 4 rings (SSSR count). The van der Waals surface area contributed by atoms with Gasteiger partial charge in [0.05, 0.1) is 4.92 Å². The van der Waals surface area contributed by atoms with Gasteiger partial charge in [0.1, 0.15) is 6.04 Å². The van der Waals surface area contributed by atoms with E-state index in [9.17, 15) is 20.0 Å². The van der Waals surface area contributed by atoms with Crippen molar-refractivity contribution >= 4 is 40.8 Å². The normalized spacial score (nSPS) is 15.3. The largest absolute Gasteiger partial charge is 0.502 e. The number of halogens is 1. The molecule has 0 saturated carbocycles. The van der Waals surface area contributed by atoms with Gasteiger partial charge in [-0.25, -0.2) is 4.68 Å². The highest BCUT2D eigenvalue weighted by molar-refractivity contribution is 7.98. The van der Waals surface area contributed by atoms with Crippen molar-refractivity contribution in [2.24, 2.45) is 0 Å². The van der Waals surface area contributed by atoms with E-state index in [4.69, 9.17) is 11.6 Å². The summed E-state index contributed by atoms with van der Waals surface area (Å²) in [5, 5.41) is 30.0. The summed E-state index contributed by atoms with van der Waals surface area (Å²) in [6.07, 6.45) is 0. The van der Waals surface area contributed by atoms with Crippen LogP contribution in [0, 0.1) is 10.1 Å². The standard InChI is InChI=1S/C21H18ClN5O4S/c1-11-18(12(2)28)19(13-7-8-17(29)16(9-13)27(30)31)26-20(23-11)24-21(25-26)32-10-14-5-3-4-6-15(14)22/h3-9,19,29H,10H2,1-2H3,(H,23,24,25). The monoisotopic (exact) mass is 471 g/mol. The summed E-state index contributed by atoms with van der Waals surface area (Å²) >= 11 is 7.61. The maximum absolute atomic E-state index is 12.5. The number of benzene rings is 2. The Kier molecular flexibility index (Phi) is 5.90. The lowest BCUT2D eigenvalue weighted by Crippen LogP contribution is -2.27. The number of nitrogens with one attached hydrogen (secondary N) is 1. The molecule has 1 aliphatic rings. The molecule has 164 valence electrons. The van der Waals surface area contributed by atoms with Crippen molar-refractivity contribution in [1.29, 1.82) is 0 Å². The summed E-state index contributed by atoms with van der Waals surface area (Å²) in [4.78, 5) is 27.7. The summed E-state index contributed by atoms with van der Waals surface area (Å²) < 4.78 is 1.54. The van der Waals surface area contributed by atoms with Crippen molar-refractivity contribution in [2.45, 2.75) is 30.8 Å². The van der Waals surface area contributed by atoms with Gasteiger partial charge >= 0.3 is 5.69 Å². The summed E-state index contributed by atoms with van der Waals surface area (Å²) in [5.74, 6) is 0.300. The number of aromatic hydroxyl groups is 1. The van der Waals surface area contributed by atoms with Gasteiger partial charge in [0.15, 0.2) is 11.5 Å². The number of nitro groups is 1. The number of carbonyl (C=O) groups is 1. The minimum atomic E-state index is -0.731. The molecule has 1 atom stereocenters. The predicted octanol–water partition coefficient (Wildman–Crippen LogP) is 4.72. The molecule has 32 heavy (non-hydrogen) atoms. The molecule has 2 heterocycles. The SMILES string of the molecule is CC(=O)C1=C(C)Nc2nc(SCc3ccccc3Cl)nn2C1c1ccc(O)c([N+](=O)[O-])c1. The van der Waals surface area contributed by atoms with Crippen LogP contribution in [0.2, 0.25) is 5.02 Å². The molecule has 0 amide bonds. The van der Waals surface area contributed by atoms with E-state index in [1.54, 1.807) is 6.92 Å². The van der Waals surface area contributed by atoms with Gasteiger partial charge in [-0.2, -0.15) is 4.98 Å². The summed E-state index contributed by atoms with van der Waals surface area (Å²) in [6, 6.07) is 10.8. The molecule has 11 heteroatoms. The van der Waals surface area contributed by atoms with Crippen molar-refractivity contribution in [2.75, 3.05) is 5.32 Å². The summed E-state index contributed by atoms with van der Waals surface area (Å²) in [5.41, 5.74) is 1.92. The zero-order chi connectivity index (χ0) is 23.0. The van der Waals surface area contributed by atoms with Gasteiger partial charge in [0.2, 0.25) is 11.1 Å². The van der Waals surface area contributed by atoms with Crippen LogP contribution in [-0.4, -0.2) is 30.6 Å². The third-order valence-corrected chi connectivity index (χ3v) is 6.29. The maximum atomic E-state index is 12.5. The van der Waals surface area contributed by atoms with E-state index >= 15 is 0 Å². The third-order valence-electron chi connectivity index (χ3n) is 5.04. The molecule has 2 aromatic carbocycles. The first-order chi connectivity index (χ1) is 15.3. The molecular weight excluding hydrogens is 454 g/mol. The minimum Gasteiger partial charge on any atom is -0.502 e. The molecular formula is C21H18ClN5O4S. The Morgan fingerprint density at radius 2 is 2.09 bits per heavy atom. The number of ketones is 1. The average Bonchev–Trinajstić information content (AvgIpc) is 3.14. The van der Waals surface area contributed by atoms with Crippen LogP contribution >= 0.6 is 23.4 Å². The second kappa shape index (κ2) is 8.64. The molecule has 0 radical (unpaired) electrons. The molecule has 1 unspecified atom stereocenters. The number of carbonyl (C=O) groups excluding carboxylic acids is 1. The number of hydrogen-bond acceptors (Lipinski definition) is 8. The average molecular weight is 472 g/mol. The highest BCUT2D eigenvalue weighted by atomic mass is 35.5. The number of Topliss-reactive ketones (excluding diaryl/α,β-unsaturated/α-hetero) is 1. The zero-order valence-corrected chi connectivity index (χ0v) is 18.6. The van der Waals surface area contributed by atoms with Crippen LogP contribution < -0.4 is 5.32 Å². The second-order valence-electron chi connectivity index (χ2n) is 7.17. The van der Waals surface area contributed by atoms with Crippen molar-refractivity contribution < 1.29 is 14.8 Å². The summed E-state index contributed by atoms with van der Waals surface area (Å²) in [7, 11) is 0. The Labute approximate surface area is 192 Å². The molecule has 1 aliphatic heterocycles. The minimum absolute atomic E-state index is 0.206. The van der Waals surface area contributed by atoms with Gasteiger partial charge < -0.3 is 10.4 Å². The lowest BCUT2D eigenvalue weighted by Gasteiger charge is -2.27. The van der Waals surface area contributed by atoms with E-state index in [1.165, 1.54) is 41.6 Å². The Hall–Kier alpha value is -3.37. The molecule has 0 saturated heterocycles. The first-order valence-electron chi connectivity index (χ1n) is 9.55. The predicted molar refractivity (Wildman–Crippen MR) is 121 cm³/mol. The number of aromatic nitrogens is 3. The van der Waals surface area contributed by atoms with E-state index in [0.29, 0.717) is 38.7 Å². The fourth-order valence-corrected chi connectivity index (χ4v) is 4.69. The van der Waals surface area contributed by atoms with Crippen LogP contribution in [0.5, 0.6) is 5.75 Å². The van der Waals surface area contributed by atoms with Crippen molar-refractivity contribution in [3.63, 3.8) is 0 Å². The fourth-order valence-electron chi connectivity index (χ4n) is 3.57. The Bertz CT molecular complexity index is 1270. The number of allylic oxidation sites excluding steroid dienone is 2. The van der Waals surface area contributed by atoms with Gasteiger partial charge in [-0.1, -0.05) is 47.6 Å². The van der Waals surface area contributed by atoms with Crippen LogP contribution in [0.4, 0.5) is 11.6 Å². The van der Waals surface area contributed by atoms with E-state index in [2.05, 4.69) is 15.4 Å². The van der Waals surface area contributed by atoms with Gasteiger partial charge in [-0.3, -0.25) is 14.9 Å². The molecule has 0 aliphatic carbocycles. The smallest absolute Gasteiger partial charge is 0.311 e. The number of anilines is 1. The fraction of sp³-hybridized carbons (Fsp3) is 0.190. The second-order valence-corrected chi connectivity index (χ2v) is 8.52. The maximum Gasteiger partial charge on any atom is 0.311 e. The Balaban J connectivity index is 1.75. The van der Waals surface area contributed by atoms with Gasteiger partial charge in [-0.05, 0) is 37.1 Å². The molecule has 3 aromatic rings. The molecule has 2 N–H and O–H groups in total. The molecule has 0 spiro atoms. The van der Waals surface area contributed by atoms with E-state index in [-0.39, 0.29) is 5.78 Å². The zero-order valence-electron chi connectivity index (χ0n) is 17.1. The molecule has 0 fully saturated rings. The Morgan fingerprint density at radius 1 is 1.34 bits per heavy atom. The number of fused-ring (bicyclic) bond motifs is 1.